The van der Waals surface area contributed by atoms with Crippen LogP contribution in [0.4, 0.5) is 23.5 Å². The molecule has 2 aromatic heterocycles. The molecule has 0 aliphatic carbocycles. The lowest BCUT2D eigenvalue weighted by Gasteiger charge is -2.11. The lowest BCUT2D eigenvalue weighted by atomic mass is 10.0. The molecule has 4 rings (SSSR count). The van der Waals surface area contributed by atoms with E-state index in [0.717, 1.165) is 18.2 Å². The average molecular weight is 404 g/mol. The number of nitrogen functional groups attached to an aromatic ring is 1. The van der Waals surface area contributed by atoms with Crippen LogP contribution < -0.4 is 11.1 Å². The minimum Gasteiger partial charge on any atom is -0.460 e. The van der Waals surface area contributed by atoms with E-state index in [9.17, 15) is 22.4 Å². The molecular weight excluding hydrogens is 392 g/mol. The standard InChI is InChI=1S/C19H12F4N4O2/c1-8-2-5-13(29-8)16-14-15(26-18(24)27-16)12(25-17(14)28)6-9-3-4-10(20)7-11(9)19(21,22)23/h2-7H,1H3,(H,25,28)(H2,24,26,27). The number of amides is 1. The maximum atomic E-state index is 13.3. The molecule has 3 aromatic rings. The van der Waals surface area contributed by atoms with E-state index in [2.05, 4.69) is 15.3 Å². The van der Waals surface area contributed by atoms with Crippen LogP contribution in [0, 0.1) is 12.7 Å². The number of nitrogens with zero attached hydrogens (tertiary/aromatic N) is 2. The van der Waals surface area contributed by atoms with Crippen molar-refractivity contribution in [1.82, 2.24) is 15.3 Å². The van der Waals surface area contributed by atoms with Gasteiger partial charge in [-0.3, -0.25) is 4.79 Å². The number of fused-ring (bicyclic) bond motifs is 1. The summed E-state index contributed by atoms with van der Waals surface area (Å²) in [5.74, 6) is -1.00. The number of halogens is 4. The molecule has 1 aliphatic heterocycles. The number of alkyl halides is 3. The number of carbonyl (C=O) groups is 1. The molecule has 10 heteroatoms. The first-order valence-corrected chi connectivity index (χ1v) is 8.28. The third-order valence-corrected chi connectivity index (χ3v) is 4.25. The smallest absolute Gasteiger partial charge is 0.417 e. The topological polar surface area (TPSA) is 94.0 Å². The molecule has 148 valence electrons. The van der Waals surface area contributed by atoms with Crippen molar-refractivity contribution in [2.75, 3.05) is 5.73 Å². The number of rotatable bonds is 2. The Morgan fingerprint density at radius 3 is 2.52 bits per heavy atom. The van der Waals surface area contributed by atoms with Gasteiger partial charge in [0.25, 0.3) is 5.91 Å². The summed E-state index contributed by atoms with van der Waals surface area (Å²) in [7, 11) is 0. The number of carbonyl (C=O) groups excluding carboxylic acids is 1. The molecule has 0 saturated carbocycles. The summed E-state index contributed by atoms with van der Waals surface area (Å²) < 4.78 is 58.7. The van der Waals surface area contributed by atoms with Crippen molar-refractivity contribution in [2.24, 2.45) is 0 Å². The van der Waals surface area contributed by atoms with E-state index >= 15 is 0 Å². The number of hydrogen-bond donors (Lipinski definition) is 2. The fraction of sp³-hybridized carbons (Fsp3) is 0.105. The highest BCUT2D eigenvalue weighted by molar-refractivity contribution is 6.14. The zero-order valence-corrected chi connectivity index (χ0v) is 14.8. The number of anilines is 1. The molecule has 0 unspecified atom stereocenters. The number of aromatic nitrogens is 2. The van der Waals surface area contributed by atoms with Crippen molar-refractivity contribution >= 4 is 23.6 Å². The number of furan rings is 1. The second kappa shape index (κ2) is 6.43. The molecule has 3 heterocycles. The lowest BCUT2D eigenvalue weighted by molar-refractivity contribution is -0.137. The molecule has 0 saturated heterocycles. The van der Waals surface area contributed by atoms with Crippen LogP contribution in [0.25, 0.3) is 23.2 Å². The monoisotopic (exact) mass is 404 g/mol. The van der Waals surface area contributed by atoms with Crippen LogP contribution in [-0.4, -0.2) is 15.9 Å². The van der Waals surface area contributed by atoms with Gasteiger partial charge in [0.15, 0.2) is 5.76 Å². The maximum absolute atomic E-state index is 13.3. The van der Waals surface area contributed by atoms with Gasteiger partial charge in [0, 0.05) is 0 Å². The SMILES string of the molecule is Cc1ccc(-c2nc(N)nc3c2C(=O)NC3=Cc2ccc(F)cc2C(F)(F)F)o1. The Morgan fingerprint density at radius 2 is 1.86 bits per heavy atom. The fourth-order valence-corrected chi connectivity index (χ4v) is 3.03. The number of benzene rings is 1. The van der Waals surface area contributed by atoms with Crippen molar-refractivity contribution in [3.63, 3.8) is 0 Å². The van der Waals surface area contributed by atoms with Crippen LogP contribution in [0.15, 0.2) is 34.7 Å². The first kappa shape index (κ1) is 18.7. The fourth-order valence-electron chi connectivity index (χ4n) is 3.03. The first-order valence-electron chi connectivity index (χ1n) is 8.28. The number of aryl methyl sites for hydroxylation is 1. The zero-order valence-electron chi connectivity index (χ0n) is 14.8. The van der Waals surface area contributed by atoms with Gasteiger partial charge in [-0.05, 0) is 42.8 Å². The molecule has 6 nitrogen and oxygen atoms in total. The van der Waals surface area contributed by atoms with Crippen molar-refractivity contribution in [3.8, 4) is 11.5 Å². The molecule has 3 N–H and O–H groups in total. The molecule has 0 radical (unpaired) electrons. The summed E-state index contributed by atoms with van der Waals surface area (Å²) in [6.07, 6.45) is -3.73. The van der Waals surface area contributed by atoms with Crippen LogP contribution in [0.3, 0.4) is 0 Å². The molecule has 0 bridgehead atoms. The van der Waals surface area contributed by atoms with Gasteiger partial charge in [0.1, 0.15) is 23.0 Å². The summed E-state index contributed by atoms with van der Waals surface area (Å²) in [4.78, 5) is 20.6. The third kappa shape index (κ3) is 3.33. The Balaban J connectivity index is 1.90. The summed E-state index contributed by atoms with van der Waals surface area (Å²) in [5, 5.41) is 2.47. The minimum atomic E-state index is -4.79. The third-order valence-electron chi connectivity index (χ3n) is 4.25. The van der Waals surface area contributed by atoms with Gasteiger partial charge in [-0.1, -0.05) is 6.07 Å². The molecule has 1 amide bonds. The lowest BCUT2D eigenvalue weighted by Crippen LogP contribution is -2.13. The molecule has 29 heavy (non-hydrogen) atoms. The van der Waals surface area contributed by atoms with Crippen molar-refractivity contribution in [1.29, 1.82) is 0 Å². The van der Waals surface area contributed by atoms with Crippen molar-refractivity contribution < 1.29 is 26.8 Å². The molecule has 1 aliphatic rings. The predicted octanol–water partition coefficient (Wildman–Crippen LogP) is 4.03. The van der Waals surface area contributed by atoms with Gasteiger partial charge < -0.3 is 15.5 Å². The number of nitrogens with one attached hydrogen (secondary N) is 1. The second-order valence-electron chi connectivity index (χ2n) is 6.31. The van der Waals surface area contributed by atoms with Gasteiger partial charge in [-0.25, -0.2) is 14.4 Å². The molecule has 1 aromatic carbocycles. The Hall–Kier alpha value is -3.69. The van der Waals surface area contributed by atoms with E-state index in [1.54, 1.807) is 19.1 Å². The molecule has 0 atom stereocenters. The molecule has 0 fully saturated rings. The Labute approximate surface area is 161 Å². The first-order chi connectivity index (χ1) is 13.6. The predicted molar refractivity (Wildman–Crippen MR) is 95.6 cm³/mol. The zero-order chi connectivity index (χ0) is 20.9. The summed E-state index contributed by atoms with van der Waals surface area (Å²) in [6, 6.07) is 5.50. The van der Waals surface area contributed by atoms with Crippen LogP contribution in [0.2, 0.25) is 0 Å². The largest absolute Gasteiger partial charge is 0.460 e. The summed E-state index contributed by atoms with van der Waals surface area (Å²) in [6.45, 7) is 1.70. The Kier molecular flexibility index (Phi) is 4.14. The van der Waals surface area contributed by atoms with Crippen LogP contribution >= 0.6 is 0 Å². The quantitative estimate of drug-likeness (QED) is 0.629. The van der Waals surface area contributed by atoms with E-state index < -0.39 is 23.5 Å². The normalized spacial score (nSPS) is 14.9. The van der Waals surface area contributed by atoms with E-state index in [4.69, 9.17) is 10.2 Å². The van der Waals surface area contributed by atoms with E-state index in [1.807, 2.05) is 0 Å². The van der Waals surface area contributed by atoms with Gasteiger partial charge in [-0.15, -0.1) is 0 Å². The van der Waals surface area contributed by atoms with E-state index in [0.29, 0.717) is 11.8 Å². The average Bonchev–Trinajstić information content (AvgIpc) is 3.19. The van der Waals surface area contributed by atoms with Crippen LogP contribution in [0.1, 0.15) is 32.9 Å². The van der Waals surface area contributed by atoms with E-state index in [-0.39, 0.29) is 39.9 Å². The highest BCUT2D eigenvalue weighted by Gasteiger charge is 2.35. The van der Waals surface area contributed by atoms with Crippen molar-refractivity contribution in [2.45, 2.75) is 13.1 Å². The number of nitrogens with two attached hydrogens (primary N) is 1. The highest BCUT2D eigenvalue weighted by Crippen LogP contribution is 2.37. The summed E-state index contributed by atoms with van der Waals surface area (Å²) >= 11 is 0. The van der Waals surface area contributed by atoms with Gasteiger partial charge in [-0.2, -0.15) is 13.2 Å². The summed E-state index contributed by atoms with van der Waals surface area (Å²) in [5.41, 5.74) is 4.38. The molecule has 0 spiro atoms. The van der Waals surface area contributed by atoms with Crippen LogP contribution in [-0.2, 0) is 6.18 Å². The van der Waals surface area contributed by atoms with E-state index in [1.165, 1.54) is 0 Å². The Morgan fingerprint density at radius 1 is 1.14 bits per heavy atom. The van der Waals surface area contributed by atoms with Gasteiger partial charge in [0.05, 0.1) is 16.8 Å². The van der Waals surface area contributed by atoms with Gasteiger partial charge in [0.2, 0.25) is 5.95 Å². The molecular formula is C19H12F4N4O2. The maximum Gasteiger partial charge on any atom is 0.417 e. The van der Waals surface area contributed by atoms with Crippen LogP contribution in [0.5, 0.6) is 0 Å². The van der Waals surface area contributed by atoms with Gasteiger partial charge >= 0.3 is 6.18 Å². The van der Waals surface area contributed by atoms with Crippen molar-refractivity contribution in [3.05, 3.63) is 64.3 Å². The second-order valence-corrected chi connectivity index (χ2v) is 6.31. The number of hydrogen-bond acceptors (Lipinski definition) is 5. The highest BCUT2D eigenvalue weighted by atomic mass is 19.4. The minimum absolute atomic E-state index is 0.0132. The Bertz CT molecular complexity index is 1180.